The molecule has 4 rings (SSSR count). The Morgan fingerprint density at radius 2 is 2.06 bits per heavy atom. The average molecular weight is 507 g/mol. The highest BCUT2D eigenvalue weighted by atomic mass is 32.2. The van der Waals surface area contributed by atoms with Crippen molar-refractivity contribution >= 4 is 39.8 Å². The molecule has 0 aliphatic carbocycles. The Morgan fingerprint density at radius 3 is 2.76 bits per heavy atom. The molecule has 0 radical (unpaired) electrons. The van der Waals surface area contributed by atoms with Crippen molar-refractivity contribution in [2.45, 2.75) is 52.1 Å². The molecule has 184 valence electrons. The van der Waals surface area contributed by atoms with Crippen LogP contribution in [0.4, 0.5) is 5.69 Å². The largest absolute Gasteiger partial charge is 0.387 e. The second-order valence-electron chi connectivity index (χ2n) is 9.47. The number of nitrogens with one attached hydrogen (secondary N) is 1. The van der Waals surface area contributed by atoms with Crippen molar-refractivity contribution < 1.29 is 23.2 Å². The molecule has 9 nitrogen and oxygen atoms in total. The van der Waals surface area contributed by atoms with Gasteiger partial charge in [-0.1, -0.05) is 23.4 Å². The minimum atomic E-state index is -1.94. The second-order valence-corrected chi connectivity index (χ2v) is 11.3. The third kappa shape index (κ3) is 6.01. The van der Waals surface area contributed by atoms with Crippen molar-refractivity contribution in [1.29, 1.82) is 0 Å². The topological polar surface area (TPSA) is 113 Å². The van der Waals surface area contributed by atoms with E-state index < -0.39 is 16.5 Å². The summed E-state index contributed by atoms with van der Waals surface area (Å²) >= 11 is -0.313. The molecule has 0 amide bonds. The zero-order valence-corrected chi connectivity index (χ0v) is 21.2. The van der Waals surface area contributed by atoms with E-state index in [-0.39, 0.29) is 18.0 Å². The van der Waals surface area contributed by atoms with E-state index in [2.05, 4.69) is 10.5 Å². The maximum Gasteiger partial charge on any atom is 0.330 e. The molecule has 2 atom stereocenters. The zero-order valence-electron chi connectivity index (χ0n) is 19.5. The maximum atomic E-state index is 12.1. The molecule has 0 saturated carbocycles. The summed E-state index contributed by atoms with van der Waals surface area (Å²) in [5.41, 5.74) is 2.75. The van der Waals surface area contributed by atoms with Crippen LogP contribution in [0.3, 0.4) is 0 Å². The number of aromatic nitrogens is 1. The molecular weight excluding hydrogens is 476 g/mol. The number of nitrogens with zero attached hydrogens (tertiary/aromatic N) is 3. The first-order chi connectivity index (χ1) is 16.2. The smallest absolute Gasteiger partial charge is 0.330 e. The Bertz CT molecular complexity index is 1070. The fourth-order valence-electron chi connectivity index (χ4n) is 3.83. The Kier molecular flexibility index (Phi) is 7.66. The third-order valence-corrected chi connectivity index (χ3v) is 7.21. The number of thiazole rings is 1. The van der Waals surface area contributed by atoms with Crippen molar-refractivity contribution in [3.05, 3.63) is 45.9 Å². The molecule has 2 aliphatic rings. The third-order valence-electron chi connectivity index (χ3n) is 5.81. The van der Waals surface area contributed by atoms with Crippen LogP contribution in [0.15, 0.2) is 34.8 Å². The van der Waals surface area contributed by atoms with Crippen molar-refractivity contribution in [3.63, 3.8) is 0 Å². The highest BCUT2D eigenvalue weighted by Gasteiger charge is 2.31. The van der Waals surface area contributed by atoms with Crippen molar-refractivity contribution in [2.24, 2.45) is 10.6 Å². The number of carbonyl (C=O) groups is 1. The van der Waals surface area contributed by atoms with Gasteiger partial charge in [-0.3, -0.25) is 0 Å². The number of oxime groups is 1. The molecule has 11 heteroatoms. The number of benzene rings is 1. The minimum Gasteiger partial charge on any atom is -0.387 e. The van der Waals surface area contributed by atoms with Crippen molar-refractivity contribution in [1.82, 2.24) is 10.0 Å². The molecule has 1 saturated heterocycles. The van der Waals surface area contributed by atoms with Gasteiger partial charge < -0.3 is 19.5 Å². The number of piperidine rings is 1. The van der Waals surface area contributed by atoms with Gasteiger partial charge in [-0.15, -0.1) is 16.4 Å². The zero-order chi connectivity index (χ0) is 24.3. The van der Waals surface area contributed by atoms with Crippen LogP contribution in [0.5, 0.6) is 0 Å². The van der Waals surface area contributed by atoms with Gasteiger partial charge in [0.1, 0.15) is 11.6 Å². The SMILES string of the molecule is CC(C)(C)C(=O)ON1CCC(c2nc(C3=NOC(c4ccccc4NCS(=O)O)C3)cs2)CC1. The lowest BCUT2D eigenvalue weighted by Gasteiger charge is -2.31. The standard InChI is InChI=1S/C23H30N4O5S2/c1-23(2,3)22(28)32-27-10-8-15(9-11-27)21-25-19(13-33-21)18-12-20(31-26-18)16-6-4-5-7-17(16)24-14-34(29)30/h4-7,13,15,20,24H,8-12,14H2,1-3H3,(H,29,30). The van der Waals surface area contributed by atoms with Crippen molar-refractivity contribution in [3.8, 4) is 0 Å². The predicted molar refractivity (Wildman–Crippen MR) is 132 cm³/mol. The van der Waals surface area contributed by atoms with Gasteiger partial charge in [0, 0.05) is 42.1 Å². The second kappa shape index (κ2) is 10.5. The van der Waals surface area contributed by atoms with Crippen LogP contribution in [-0.2, 0) is 25.6 Å². The molecule has 1 aromatic carbocycles. The molecule has 0 bridgehead atoms. The summed E-state index contributed by atoms with van der Waals surface area (Å²) in [6, 6.07) is 7.56. The quantitative estimate of drug-likeness (QED) is 0.535. The van der Waals surface area contributed by atoms with E-state index in [0.29, 0.717) is 25.4 Å². The van der Waals surface area contributed by atoms with Crippen LogP contribution >= 0.6 is 11.3 Å². The Labute approximate surface area is 205 Å². The van der Waals surface area contributed by atoms with Crippen LogP contribution in [0, 0.1) is 5.41 Å². The van der Waals surface area contributed by atoms with Crippen LogP contribution < -0.4 is 5.32 Å². The van der Waals surface area contributed by atoms with Crippen molar-refractivity contribution in [2.75, 3.05) is 24.3 Å². The number of carbonyl (C=O) groups excluding carboxylic acids is 1. The van der Waals surface area contributed by atoms with Crippen LogP contribution in [-0.4, -0.2) is 49.5 Å². The number of hydroxylamine groups is 2. The van der Waals surface area contributed by atoms with E-state index in [0.717, 1.165) is 40.5 Å². The van der Waals surface area contributed by atoms with E-state index >= 15 is 0 Å². The molecular formula is C23H30N4O5S2. The Balaban J connectivity index is 1.34. The Hall–Kier alpha value is -2.34. The van der Waals surface area contributed by atoms with Gasteiger partial charge in [0.25, 0.3) is 0 Å². The summed E-state index contributed by atoms with van der Waals surface area (Å²) in [5.74, 6) is 0.0604. The highest BCUT2D eigenvalue weighted by Crippen LogP contribution is 2.36. The average Bonchev–Trinajstić information content (AvgIpc) is 3.48. The number of anilines is 1. The molecule has 1 fully saturated rings. The molecule has 34 heavy (non-hydrogen) atoms. The summed E-state index contributed by atoms with van der Waals surface area (Å²) in [7, 11) is 0. The molecule has 2 unspecified atom stereocenters. The molecule has 1 aromatic heterocycles. The predicted octanol–water partition coefficient (Wildman–Crippen LogP) is 4.28. The molecule has 2 aliphatic heterocycles. The first-order valence-electron chi connectivity index (χ1n) is 11.3. The van der Waals surface area contributed by atoms with E-state index in [1.807, 2.05) is 50.4 Å². The van der Waals surface area contributed by atoms with Gasteiger partial charge in [-0.05, 0) is 39.7 Å². The molecule has 0 spiro atoms. The van der Waals surface area contributed by atoms with Crippen LogP contribution in [0.1, 0.15) is 68.3 Å². The first-order valence-corrected chi connectivity index (χ1v) is 13.4. The summed E-state index contributed by atoms with van der Waals surface area (Å²) in [5, 5.41) is 12.1. The number of rotatable bonds is 7. The monoisotopic (exact) mass is 506 g/mol. The van der Waals surface area contributed by atoms with E-state index in [1.54, 1.807) is 16.4 Å². The summed E-state index contributed by atoms with van der Waals surface area (Å²) in [6.45, 7) is 6.94. The van der Waals surface area contributed by atoms with Gasteiger partial charge in [-0.25, -0.2) is 14.0 Å². The lowest BCUT2D eigenvalue weighted by molar-refractivity contribution is -0.204. The molecule has 3 heterocycles. The van der Waals surface area contributed by atoms with Crippen LogP contribution in [0.25, 0.3) is 0 Å². The molecule has 2 aromatic rings. The fraction of sp³-hybridized carbons (Fsp3) is 0.522. The van der Waals surface area contributed by atoms with E-state index in [4.69, 9.17) is 19.2 Å². The first kappa shape index (κ1) is 24.8. The van der Waals surface area contributed by atoms with Gasteiger partial charge >= 0.3 is 5.97 Å². The number of hydrogen-bond acceptors (Lipinski definition) is 9. The van der Waals surface area contributed by atoms with Gasteiger partial charge in [-0.2, -0.15) is 0 Å². The van der Waals surface area contributed by atoms with Gasteiger partial charge in [0.05, 0.1) is 16.1 Å². The van der Waals surface area contributed by atoms with Crippen LogP contribution in [0.2, 0.25) is 0 Å². The lowest BCUT2D eigenvalue weighted by atomic mass is 9.97. The minimum absolute atomic E-state index is 0.0544. The normalized spacial score (nSPS) is 20.5. The summed E-state index contributed by atoms with van der Waals surface area (Å²) in [4.78, 5) is 28.2. The fourth-order valence-corrected chi connectivity index (χ4v) is 5.11. The number of hydrogen-bond donors (Lipinski definition) is 2. The van der Waals surface area contributed by atoms with E-state index in [9.17, 15) is 9.00 Å². The van der Waals surface area contributed by atoms with E-state index in [1.165, 1.54) is 0 Å². The summed E-state index contributed by atoms with van der Waals surface area (Å²) < 4.78 is 20.1. The maximum absolute atomic E-state index is 12.1. The highest BCUT2D eigenvalue weighted by molar-refractivity contribution is 7.79. The number of para-hydroxylation sites is 1. The van der Waals surface area contributed by atoms with Gasteiger partial charge in [0.15, 0.2) is 17.2 Å². The molecule has 2 N–H and O–H groups in total. The lowest BCUT2D eigenvalue weighted by Crippen LogP contribution is -2.38. The van der Waals surface area contributed by atoms with Gasteiger partial charge in [0.2, 0.25) is 0 Å². The summed E-state index contributed by atoms with van der Waals surface area (Å²) in [6.07, 6.45) is 2.05. The Morgan fingerprint density at radius 1 is 1.32 bits per heavy atom.